The average Bonchev–Trinajstić information content (AvgIpc) is 3.01. The van der Waals surface area contributed by atoms with Gasteiger partial charge in [0.25, 0.3) is 0 Å². The molecular weight excluding hydrogens is 292 g/mol. The Morgan fingerprint density at radius 3 is 2.57 bits per heavy atom. The maximum Gasteiger partial charge on any atom is 0.220 e. The molecule has 0 spiro atoms. The highest BCUT2D eigenvalue weighted by Gasteiger charge is 2.35. The Morgan fingerprint density at radius 1 is 1.39 bits per heavy atom. The molecule has 0 bridgehead atoms. The van der Waals surface area contributed by atoms with Gasteiger partial charge >= 0.3 is 0 Å². The molecule has 5 heteroatoms. The summed E-state index contributed by atoms with van der Waals surface area (Å²) in [4.78, 5) is 10.1. The van der Waals surface area contributed by atoms with Crippen LogP contribution in [0.5, 0.6) is 5.75 Å². The maximum atomic E-state index is 10.1. The van der Waals surface area contributed by atoms with E-state index in [1.54, 1.807) is 18.2 Å². The molecule has 2 aliphatic heterocycles. The molecule has 0 saturated carbocycles. The van der Waals surface area contributed by atoms with E-state index >= 15 is 0 Å². The molecule has 126 valence electrons. The van der Waals surface area contributed by atoms with Gasteiger partial charge in [-0.2, -0.15) is 5.26 Å². The van der Waals surface area contributed by atoms with Crippen molar-refractivity contribution in [1.82, 2.24) is 5.32 Å². The van der Waals surface area contributed by atoms with Crippen molar-refractivity contribution in [3.8, 4) is 11.8 Å². The van der Waals surface area contributed by atoms with Crippen LogP contribution in [0.25, 0.3) is 0 Å². The highest BCUT2D eigenvalue weighted by Crippen LogP contribution is 2.33. The van der Waals surface area contributed by atoms with E-state index in [-0.39, 0.29) is 5.91 Å². The monoisotopic (exact) mass is 318 g/mol. The minimum absolute atomic E-state index is 0.204. The van der Waals surface area contributed by atoms with Crippen LogP contribution in [0, 0.1) is 11.3 Å². The predicted octanol–water partition coefficient (Wildman–Crippen LogP) is 2.56. The van der Waals surface area contributed by atoms with E-state index in [9.17, 15) is 9.90 Å². The number of nitrogens with one attached hydrogen (secondary N) is 1. The molecule has 0 unspecified atom stereocenters. The van der Waals surface area contributed by atoms with E-state index in [2.05, 4.69) is 11.4 Å². The van der Waals surface area contributed by atoms with Gasteiger partial charge in [-0.1, -0.05) is 13.8 Å². The number of carbonyl (C=O) groups is 1. The van der Waals surface area contributed by atoms with E-state index in [0.717, 1.165) is 30.7 Å². The lowest BCUT2D eigenvalue weighted by molar-refractivity contribution is -0.119. The fourth-order valence-corrected chi connectivity index (χ4v) is 2.28. The van der Waals surface area contributed by atoms with Crippen LogP contribution in [0.2, 0.25) is 0 Å². The third kappa shape index (κ3) is 5.26. The zero-order valence-electron chi connectivity index (χ0n) is 14.3. The van der Waals surface area contributed by atoms with Crippen LogP contribution in [0.1, 0.15) is 51.7 Å². The number of hydrogen-bond donors (Lipinski definition) is 2. The quantitative estimate of drug-likeness (QED) is 0.770. The molecule has 1 aromatic carbocycles. The Kier molecular flexibility index (Phi) is 7.05. The standard InChI is InChI=1S/C12H13NO2.C4H7NO.C2H6/c1-12(2)11(14)6-9-5-8(7-13)3-4-10(9)15-12;6-4-2-1-3-5-4;1-2/h3-5,11,14H,6H2,1-2H3;1-3H2,(H,5,6);1-2H3/t11-;;/m1../s1. The predicted molar refractivity (Wildman–Crippen MR) is 89.2 cm³/mol. The number of nitriles is 1. The summed E-state index contributed by atoms with van der Waals surface area (Å²) in [6, 6.07) is 7.37. The van der Waals surface area contributed by atoms with Crippen molar-refractivity contribution in [2.75, 3.05) is 6.54 Å². The molecule has 5 nitrogen and oxygen atoms in total. The first-order valence-corrected chi connectivity index (χ1v) is 8.09. The van der Waals surface area contributed by atoms with E-state index in [1.807, 2.05) is 27.7 Å². The molecule has 1 saturated heterocycles. The first kappa shape index (κ1) is 19.0. The van der Waals surface area contributed by atoms with Crippen molar-refractivity contribution in [2.45, 2.75) is 58.7 Å². The van der Waals surface area contributed by atoms with Gasteiger partial charge in [-0.3, -0.25) is 4.79 Å². The molecule has 2 heterocycles. The van der Waals surface area contributed by atoms with Crippen LogP contribution in [-0.2, 0) is 11.2 Å². The highest BCUT2D eigenvalue weighted by molar-refractivity contribution is 5.77. The first-order chi connectivity index (χ1) is 10.9. The Morgan fingerprint density at radius 2 is 2.09 bits per heavy atom. The second-order valence-corrected chi connectivity index (χ2v) is 5.81. The minimum Gasteiger partial charge on any atom is -0.485 e. The van der Waals surface area contributed by atoms with E-state index < -0.39 is 11.7 Å². The van der Waals surface area contributed by atoms with Gasteiger partial charge in [-0.15, -0.1) is 0 Å². The Bertz CT molecular complexity index is 568. The van der Waals surface area contributed by atoms with Gasteiger partial charge in [0, 0.05) is 19.4 Å². The molecule has 1 fully saturated rings. The van der Waals surface area contributed by atoms with Crippen LogP contribution in [-0.4, -0.2) is 29.3 Å². The number of fused-ring (bicyclic) bond motifs is 1. The second-order valence-electron chi connectivity index (χ2n) is 5.81. The van der Waals surface area contributed by atoms with Gasteiger partial charge < -0.3 is 15.2 Å². The van der Waals surface area contributed by atoms with Gasteiger partial charge in [0.1, 0.15) is 11.4 Å². The molecule has 1 atom stereocenters. The minimum atomic E-state index is -0.554. The molecular formula is C18H26N2O3. The molecule has 3 rings (SSSR count). The van der Waals surface area contributed by atoms with E-state index in [0.29, 0.717) is 12.0 Å². The first-order valence-electron chi connectivity index (χ1n) is 8.09. The van der Waals surface area contributed by atoms with Gasteiger partial charge in [0.15, 0.2) is 0 Å². The number of rotatable bonds is 0. The van der Waals surface area contributed by atoms with Crippen LogP contribution < -0.4 is 10.1 Å². The van der Waals surface area contributed by atoms with Crippen molar-refractivity contribution < 1.29 is 14.6 Å². The molecule has 1 aromatic rings. The fourth-order valence-electron chi connectivity index (χ4n) is 2.28. The summed E-state index contributed by atoms with van der Waals surface area (Å²) < 4.78 is 5.67. The number of aliphatic hydroxyl groups excluding tert-OH is 1. The molecule has 2 aliphatic rings. The van der Waals surface area contributed by atoms with Crippen molar-refractivity contribution in [2.24, 2.45) is 0 Å². The fraction of sp³-hybridized carbons (Fsp3) is 0.556. The molecule has 1 amide bonds. The van der Waals surface area contributed by atoms with Gasteiger partial charge in [-0.05, 0) is 44.0 Å². The van der Waals surface area contributed by atoms with Crippen molar-refractivity contribution in [3.63, 3.8) is 0 Å². The Balaban J connectivity index is 0.000000276. The number of aliphatic hydroxyl groups is 1. The molecule has 0 aliphatic carbocycles. The van der Waals surface area contributed by atoms with Crippen LogP contribution in [0.4, 0.5) is 0 Å². The second kappa shape index (κ2) is 8.54. The SMILES string of the molecule is CC.CC1(C)Oc2ccc(C#N)cc2C[C@H]1O.O=C1CCCN1. The lowest BCUT2D eigenvalue weighted by atomic mass is 9.90. The van der Waals surface area contributed by atoms with Crippen LogP contribution in [0.3, 0.4) is 0 Å². The molecule has 23 heavy (non-hydrogen) atoms. The number of nitrogens with zero attached hydrogens (tertiary/aromatic N) is 1. The number of ether oxygens (including phenoxy) is 1. The smallest absolute Gasteiger partial charge is 0.220 e. The summed E-state index contributed by atoms with van der Waals surface area (Å²) in [6.07, 6.45) is 1.77. The van der Waals surface area contributed by atoms with Crippen LogP contribution in [0.15, 0.2) is 18.2 Å². The zero-order chi connectivity index (χ0) is 17.5. The zero-order valence-corrected chi connectivity index (χ0v) is 14.3. The average molecular weight is 318 g/mol. The van der Waals surface area contributed by atoms with E-state index in [4.69, 9.17) is 10.00 Å². The largest absolute Gasteiger partial charge is 0.485 e. The highest BCUT2D eigenvalue weighted by atomic mass is 16.5. The summed E-state index contributed by atoms with van der Waals surface area (Å²) >= 11 is 0. The number of amides is 1. The van der Waals surface area contributed by atoms with Crippen LogP contribution >= 0.6 is 0 Å². The normalized spacial score (nSPS) is 20.3. The third-order valence-corrected chi connectivity index (χ3v) is 3.68. The number of benzene rings is 1. The maximum absolute atomic E-state index is 10.1. The summed E-state index contributed by atoms with van der Waals surface area (Å²) in [5.41, 5.74) is 0.950. The summed E-state index contributed by atoms with van der Waals surface area (Å²) in [5.74, 6) is 0.972. The molecule has 0 radical (unpaired) electrons. The van der Waals surface area contributed by atoms with Crippen molar-refractivity contribution in [3.05, 3.63) is 29.3 Å². The van der Waals surface area contributed by atoms with Gasteiger partial charge in [0.2, 0.25) is 5.91 Å². The number of carbonyl (C=O) groups excluding carboxylic acids is 1. The van der Waals surface area contributed by atoms with Crippen molar-refractivity contribution in [1.29, 1.82) is 5.26 Å². The van der Waals surface area contributed by atoms with Crippen molar-refractivity contribution >= 4 is 5.91 Å². The Hall–Kier alpha value is -2.06. The van der Waals surface area contributed by atoms with Gasteiger partial charge in [0.05, 0.1) is 17.7 Å². The van der Waals surface area contributed by atoms with E-state index in [1.165, 1.54) is 0 Å². The van der Waals surface area contributed by atoms with Gasteiger partial charge in [-0.25, -0.2) is 0 Å². The summed E-state index contributed by atoms with van der Waals surface area (Å²) in [7, 11) is 0. The third-order valence-electron chi connectivity index (χ3n) is 3.68. The number of hydrogen-bond acceptors (Lipinski definition) is 4. The lowest BCUT2D eigenvalue weighted by Crippen LogP contribution is -2.46. The molecule has 0 aromatic heterocycles. The molecule has 2 N–H and O–H groups in total. The summed E-state index contributed by atoms with van der Waals surface area (Å²) in [5, 5.41) is 21.3. The lowest BCUT2D eigenvalue weighted by Gasteiger charge is -2.37. The topological polar surface area (TPSA) is 82.3 Å². The Labute approximate surface area is 138 Å². The summed E-state index contributed by atoms with van der Waals surface area (Å²) in [6.45, 7) is 8.61.